The lowest BCUT2D eigenvalue weighted by molar-refractivity contribution is -0.167. The molecule has 7 N–H and O–H groups in total. The molecule has 0 radical (unpaired) electrons. The van der Waals surface area contributed by atoms with Gasteiger partial charge in [-0.1, -0.05) is 33.6 Å². The van der Waals surface area contributed by atoms with Crippen LogP contribution in [0.3, 0.4) is 0 Å². The number of nitrogens with two attached hydrogens (primary N) is 1. The van der Waals surface area contributed by atoms with E-state index in [0.29, 0.717) is 53.4 Å². The average molecular weight is 644 g/mol. The molecule has 258 valence electrons. The highest BCUT2D eigenvalue weighted by Crippen LogP contribution is 2.68. The van der Waals surface area contributed by atoms with E-state index in [1.807, 2.05) is 0 Å². The Labute approximate surface area is 268 Å². The number of unbranched alkanes of at least 4 members (excludes halogenated alkanes) is 1. The maximum atomic E-state index is 11.8. The van der Waals surface area contributed by atoms with Gasteiger partial charge in [-0.3, -0.25) is 4.55 Å². The van der Waals surface area contributed by atoms with Crippen LogP contribution in [-0.2, 0) is 14.6 Å². The molecule has 4 saturated carbocycles. The van der Waals surface area contributed by atoms with Crippen LogP contribution >= 0.6 is 0 Å². The van der Waals surface area contributed by atoms with Crippen molar-refractivity contribution < 1.29 is 27.4 Å². The minimum Gasteiger partial charge on any atom is -0.393 e. The molecule has 10 heteroatoms. The highest BCUT2D eigenvalue weighted by molar-refractivity contribution is 7.80. The molecule has 0 bridgehead atoms. The molecule has 44 heavy (non-hydrogen) atoms. The van der Waals surface area contributed by atoms with Crippen LogP contribution in [0.2, 0.25) is 0 Å². The Morgan fingerprint density at radius 2 is 1.68 bits per heavy atom. The second-order valence-electron chi connectivity index (χ2n) is 16.0. The Morgan fingerprint density at radius 1 is 0.977 bits per heavy atom. The average Bonchev–Trinajstić information content (AvgIpc) is 3.31. The Balaban J connectivity index is 1.30. The highest BCUT2D eigenvalue weighted by atomic mass is 32.3. The molecule has 4 aliphatic rings. The van der Waals surface area contributed by atoms with Gasteiger partial charge in [0.25, 0.3) is 0 Å². The molecule has 6 unspecified atom stereocenters. The predicted octanol–water partition coefficient (Wildman–Crippen LogP) is 4.67. The van der Waals surface area contributed by atoms with Gasteiger partial charge in [0.1, 0.15) is 5.60 Å². The van der Waals surface area contributed by atoms with Gasteiger partial charge in [0.15, 0.2) is 0 Å². The smallest absolute Gasteiger partial charge is 0.393 e. The molecule has 0 aliphatic heterocycles. The molecule has 0 aromatic heterocycles. The van der Waals surface area contributed by atoms with E-state index in [1.165, 1.54) is 51.9 Å². The van der Waals surface area contributed by atoms with E-state index in [-0.39, 0.29) is 11.5 Å². The van der Waals surface area contributed by atoms with Crippen LogP contribution in [0.15, 0.2) is 0 Å². The van der Waals surface area contributed by atoms with Gasteiger partial charge in [0.05, 0.1) is 12.7 Å². The summed E-state index contributed by atoms with van der Waals surface area (Å²) >= 11 is 0. The van der Waals surface area contributed by atoms with Crippen molar-refractivity contribution in [3.8, 4) is 0 Å². The molecule has 0 spiro atoms. The Morgan fingerprint density at radius 3 is 2.39 bits per heavy atom. The number of fused-ring (bicyclic) bond motifs is 5. The van der Waals surface area contributed by atoms with Crippen LogP contribution in [0.1, 0.15) is 118 Å². The van der Waals surface area contributed by atoms with Crippen LogP contribution in [-0.4, -0.2) is 73.7 Å². The summed E-state index contributed by atoms with van der Waals surface area (Å²) in [6.45, 7) is 12.4. The van der Waals surface area contributed by atoms with Gasteiger partial charge in [-0.25, -0.2) is 4.18 Å². The quantitative estimate of drug-likeness (QED) is 0.0980. The van der Waals surface area contributed by atoms with Gasteiger partial charge in [-0.15, -0.1) is 0 Å². The topological polar surface area (TPSA) is 154 Å². The Bertz CT molecular complexity index is 1020. The van der Waals surface area contributed by atoms with Crippen molar-refractivity contribution in [3.05, 3.63) is 0 Å². The predicted molar refractivity (Wildman–Crippen MR) is 175 cm³/mol. The summed E-state index contributed by atoms with van der Waals surface area (Å²) in [7, 11) is -4.62. The van der Waals surface area contributed by atoms with E-state index in [1.54, 1.807) is 0 Å². The van der Waals surface area contributed by atoms with E-state index in [9.17, 15) is 18.6 Å². The highest BCUT2D eigenvalue weighted by Gasteiger charge is 2.62. The largest absolute Gasteiger partial charge is 0.397 e. The van der Waals surface area contributed by atoms with E-state index < -0.39 is 22.6 Å². The Hall–Kier alpha value is -0.330. The lowest BCUT2D eigenvalue weighted by atomic mass is 9.43. The fourth-order valence-electron chi connectivity index (χ4n) is 10.8. The number of aliphatic hydroxyl groups excluding tert-OH is 2. The summed E-state index contributed by atoms with van der Waals surface area (Å²) < 4.78 is 36.5. The summed E-state index contributed by atoms with van der Waals surface area (Å²) in [4.78, 5) is 0. The molecule has 0 amide bonds. The first kappa shape index (κ1) is 36.5. The van der Waals surface area contributed by atoms with Gasteiger partial charge >= 0.3 is 10.4 Å². The maximum Gasteiger partial charge on any atom is 0.397 e. The zero-order chi connectivity index (χ0) is 32.2. The first-order chi connectivity index (χ1) is 20.8. The van der Waals surface area contributed by atoms with Crippen molar-refractivity contribution in [2.45, 2.75) is 135 Å². The van der Waals surface area contributed by atoms with E-state index in [4.69, 9.17) is 14.5 Å². The second kappa shape index (κ2) is 15.3. The molecule has 4 fully saturated rings. The summed E-state index contributed by atoms with van der Waals surface area (Å²) in [5.74, 6) is 3.17. The van der Waals surface area contributed by atoms with Crippen LogP contribution in [0.5, 0.6) is 0 Å². The molecule has 0 heterocycles. The zero-order valence-electron chi connectivity index (χ0n) is 28.1. The zero-order valence-corrected chi connectivity index (χ0v) is 28.9. The minimum atomic E-state index is -4.62. The first-order valence-corrected chi connectivity index (χ1v) is 19.2. The number of hydrogen-bond donors (Lipinski definition) is 6. The number of nitrogens with one attached hydrogen (secondary N) is 2. The van der Waals surface area contributed by atoms with Crippen molar-refractivity contribution in [2.24, 2.45) is 52.1 Å². The lowest BCUT2D eigenvalue weighted by Gasteiger charge is -2.62. The van der Waals surface area contributed by atoms with Crippen LogP contribution < -0.4 is 16.4 Å². The van der Waals surface area contributed by atoms with Crippen LogP contribution in [0.25, 0.3) is 0 Å². The van der Waals surface area contributed by atoms with Crippen LogP contribution in [0, 0.1) is 46.3 Å². The maximum absolute atomic E-state index is 11.8. The van der Waals surface area contributed by atoms with Crippen LogP contribution in [0.4, 0.5) is 0 Å². The van der Waals surface area contributed by atoms with Gasteiger partial charge in [0.2, 0.25) is 0 Å². The van der Waals surface area contributed by atoms with Crippen molar-refractivity contribution in [1.82, 2.24) is 10.6 Å². The molecular formula is C34H65N3O6S. The molecule has 0 saturated heterocycles. The standard InChI is InChI=1S/C34H65N3O6S/c1-24(9-7-14-32(2,23-38)43-44(40,41)42)27-10-11-28-31-29(13-16-34(27,28)4)33(3)15-12-26(21-25(33)22-30(31)39)37-20-8-19-36-18-6-5-17-35/h24-31,36-39H,5-23,35H2,1-4H3,(H,40,41,42)/t24?,25-,26+,27-,28?,29?,30?,31?,32?,33+,34-/m1/s1. The fraction of sp³-hybridized carbons (Fsp3) is 1.00. The Kier molecular flexibility index (Phi) is 12.7. The number of rotatable bonds is 17. The third-order valence-electron chi connectivity index (χ3n) is 13.2. The first-order valence-electron chi connectivity index (χ1n) is 17.9. The van der Waals surface area contributed by atoms with Crippen molar-refractivity contribution in [1.29, 1.82) is 0 Å². The third-order valence-corrected chi connectivity index (χ3v) is 13.8. The lowest BCUT2D eigenvalue weighted by Crippen LogP contribution is -2.59. The number of aliphatic hydroxyl groups is 2. The molecule has 9 nitrogen and oxygen atoms in total. The third kappa shape index (κ3) is 8.38. The summed E-state index contributed by atoms with van der Waals surface area (Å²) in [6.07, 6.45) is 14.6. The molecule has 4 rings (SSSR count). The fourth-order valence-corrected chi connectivity index (χ4v) is 11.5. The summed E-state index contributed by atoms with van der Waals surface area (Å²) in [5, 5.41) is 28.9. The summed E-state index contributed by atoms with van der Waals surface area (Å²) in [6, 6.07) is 0.565. The molecule has 0 aromatic carbocycles. The molecule has 4 aliphatic carbocycles. The van der Waals surface area contributed by atoms with Crippen molar-refractivity contribution >= 4 is 10.4 Å². The molecule has 11 atom stereocenters. The van der Waals surface area contributed by atoms with Crippen molar-refractivity contribution in [2.75, 3.05) is 32.8 Å². The van der Waals surface area contributed by atoms with Gasteiger partial charge < -0.3 is 26.6 Å². The van der Waals surface area contributed by atoms with Gasteiger partial charge in [-0.2, -0.15) is 8.42 Å². The van der Waals surface area contributed by atoms with E-state index in [2.05, 4.69) is 31.4 Å². The molecular weight excluding hydrogens is 578 g/mol. The summed E-state index contributed by atoms with van der Waals surface area (Å²) in [5.41, 5.74) is 4.81. The minimum absolute atomic E-state index is 0.212. The van der Waals surface area contributed by atoms with Crippen molar-refractivity contribution in [3.63, 3.8) is 0 Å². The number of hydrogen-bond acceptors (Lipinski definition) is 8. The van der Waals surface area contributed by atoms with E-state index >= 15 is 0 Å². The monoisotopic (exact) mass is 643 g/mol. The van der Waals surface area contributed by atoms with E-state index in [0.717, 1.165) is 64.7 Å². The SMILES string of the molecule is CC(CCCC(C)(CO)OS(=O)(=O)O)[C@H]1CCC2C3C(O)C[C@H]4C[C@@H](NCCCNCCCCN)CC[C@]4(C)C3CC[C@@]21C. The second-order valence-corrected chi connectivity index (χ2v) is 17.1. The molecule has 0 aromatic rings. The van der Waals surface area contributed by atoms with Gasteiger partial charge in [-0.05, 0) is 156 Å². The van der Waals surface area contributed by atoms with Gasteiger partial charge in [0, 0.05) is 6.04 Å². The normalized spacial score (nSPS) is 39.2.